The fourth-order valence-corrected chi connectivity index (χ4v) is 2.81. The van der Waals surface area contributed by atoms with Crippen molar-refractivity contribution in [1.29, 1.82) is 0 Å². The molecule has 0 fully saturated rings. The number of aryl methyl sites for hydroxylation is 2. The van der Waals surface area contributed by atoms with Crippen LogP contribution in [0.3, 0.4) is 0 Å². The van der Waals surface area contributed by atoms with Gasteiger partial charge in [-0.25, -0.2) is 0 Å². The normalized spacial score (nSPS) is 10.7. The minimum atomic E-state index is -0.859. The van der Waals surface area contributed by atoms with E-state index in [1.54, 1.807) is 14.2 Å². The van der Waals surface area contributed by atoms with Crippen molar-refractivity contribution in [3.8, 4) is 11.5 Å². The highest BCUT2D eigenvalue weighted by Crippen LogP contribution is 2.39. The van der Waals surface area contributed by atoms with Crippen LogP contribution in [-0.2, 0) is 4.79 Å². The number of ether oxygens (including phenoxy) is 2. The Labute approximate surface area is 136 Å². The summed E-state index contributed by atoms with van der Waals surface area (Å²) in [7, 11) is 3.19. The first-order valence-electron chi connectivity index (χ1n) is 7.47. The highest BCUT2D eigenvalue weighted by molar-refractivity contribution is 5.70. The molecule has 2 rings (SSSR count). The van der Waals surface area contributed by atoms with E-state index in [9.17, 15) is 9.90 Å². The van der Waals surface area contributed by atoms with Gasteiger partial charge in [-0.05, 0) is 26.0 Å². The molecule has 2 aromatic carbocycles. The summed E-state index contributed by atoms with van der Waals surface area (Å²) < 4.78 is 10.9. The Hall–Kier alpha value is -2.49. The molecule has 0 amide bonds. The van der Waals surface area contributed by atoms with E-state index < -0.39 is 5.97 Å². The van der Waals surface area contributed by atoms with Crippen molar-refractivity contribution in [2.45, 2.75) is 26.2 Å². The quantitative estimate of drug-likeness (QED) is 0.878. The summed E-state index contributed by atoms with van der Waals surface area (Å²) in [6, 6.07) is 11.6. The average molecular weight is 314 g/mol. The minimum Gasteiger partial charge on any atom is -0.496 e. The van der Waals surface area contributed by atoms with Gasteiger partial charge >= 0.3 is 5.97 Å². The van der Waals surface area contributed by atoms with Crippen LogP contribution in [0.1, 0.15) is 34.6 Å². The number of aliphatic carboxylic acids is 1. The van der Waals surface area contributed by atoms with Gasteiger partial charge in [0.2, 0.25) is 0 Å². The molecule has 0 saturated carbocycles. The fourth-order valence-electron chi connectivity index (χ4n) is 2.81. The van der Waals surface area contributed by atoms with Crippen LogP contribution in [0.2, 0.25) is 0 Å². The Kier molecular flexibility index (Phi) is 5.27. The second-order valence-corrected chi connectivity index (χ2v) is 5.64. The first-order chi connectivity index (χ1) is 11.0. The zero-order valence-electron chi connectivity index (χ0n) is 13.9. The van der Waals surface area contributed by atoms with Gasteiger partial charge in [-0.15, -0.1) is 0 Å². The largest absolute Gasteiger partial charge is 0.496 e. The van der Waals surface area contributed by atoms with Crippen molar-refractivity contribution < 1.29 is 19.4 Å². The van der Waals surface area contributed by atoms with Crippen molar-refractivity contribution in [3.05, 3.63) is 58.7 Å². The number of carbonyl (C=O) groups is 1. The molecule has 0 aromatic heterocycles. The van der Waals surface area contributed by atoms with Crippen LogP contribution >= 0.6 is 0 Å². The van der Waals surface area contributed by atoms with Crippen LogP contribution in [0.25, 0.3) is 0 Å². The lowest BCUT2D eigenvalue weighted by Gasteiger charge is -2.22. The molecule has 0 radical (unpaired) electrons. The summed E-state index contributed by atoms with van der Waals surface area (Å²) >= 11 is 0. The van der Waals surface area contributed by atoms with E-state index in [0.717, 1.165) is 22.3 Å². The van der Waals surface area contributed by atoms with Crippen molar-refractivity contribution in [2.24, 2.45) is 0 Å². The van der Waals surface area contributed by atoms with Crippen molar-refractivity contribution in [2.75, 3.05) is 14.2 Å². The van der Waals surface area contributed by atoms with E-state index in [1.165, 1.54) is 0 Å². The Morgan fingerprint density at radius 2 is 1.39 bits per heavy atom. The molecular weight excluding hydrogens is 292 g/mol. The first-order valence-corrected chi connectivity index (χ1v) is 7.47. The lowest BCUT2D eigenvalue weighted by Crippen LogP contribution is -2.11. The maximum absolute atomic E-state index is 11.4. The number of benzene rings is 2. The lowest BCUT2D eigenvalue weighted by molar-refractivity contribution is -0.137. The van der Waals surface area contributed by atoms with Crippen LogP contribution < -0.4 is 9.47 Å². The Bertz CT molecular complexity index is 653. The highest BCUT2D eigenvalue weighted by Gasteiger charge is 2.24. The summed E-state index contributed by atoms with van der Waals surface area (Å²) in [4.78, 5) is 11.4. The third kappa shape index (κ3) is 3.83. The van der Waals surface area contributed by atoms with Gasteiger partial charge in [-0.2, -0.15) is 0 Å². The van der Waals surface area contributed by atoms with Crippen LogP contribution in [-0.4, -0.2) is 25.3 Å². The predicted molar refractivity (Wildman–Crippen MR) is 89.6 cm³/mol. The van der Waals surface area contributed by atoms with Gasteiger partial charge in [0, 0.05) is 17.0 Å². The van der Waals surface area contributed by atoms with E-state index in [4.69, 9.17) is 9.47 Å². The Morgan fingerprint density at radius 1 is 0.957 bits per heavy atom. The van der Waals surface area contributed by atoms with Crippen LogP contribution in [0.5, 0.6) is 11.5 Å². The minimum absolute atomic E-state index is 0.0281. The predicted octanol–water partition coefficient (Wildman–Crippen LogP) is 3.93. The molecule has 0 aliphatic heterocycles. The van der Waals surface area contributed by atoms with Gasteiger partial charge in [0.15, 0.2) is 0 Å². The molecule has 0 spiro atoms. The molecule has 0 bridgehead atoms. The van der Waals surface area contributed by atoms with Gasteiger partial charge < -0.3 is 14.6 Å². The zero-order chi connectivity index (χ0) is 17.0. The second-order valence-electron chi connectivity index (χ2n) is 5.64. The van der Waals surface area contributed by atoms with Crippen LogP contribution in [0.4, 0.5) is 0 Å². The molecule has 0 aliphatic carbocycles. The average Bonchev–Trinajstić information content (AvgIpc) is 2.52. The van der Waals surface area contributed by atoms with Gasteiger partial charge in [0.25, 0.3) is 0 Å². The van der Waals surface area contributed by atoms with Gasteiger partial charge in [-0.3, -0.25) is 4.79 Å². The third-order valence-electron chi connectivity index (χ3n) is 3.90. The standard InChI is InChI=1S/C19H22O4/c1-12-5-7-17(22-3)15(9-12)14(11-19(20)21)16-10-13(2)6-8-18(16)23-4/h5-10,14H,11H2,1-4H3,(H,20,21). The summed E-state index contributed by atoms with van der Waals surface area (Å²) in [5.74, 6) is 0.176. The summed E-state index contributed by atoms with van der Waals surface area (Å²) in [6.07, 6.45) is -0.0281. The fraction of sp³-hybridized carbons (Fsp3) is 0.316. The maximum atomic E-state index is 11.4. The molecule has 0 aliphatic rings. The molecule has 4 heteroatoms. The molecule has 0 saturated heterocycles. The van der Waals surface area contributed by atoms with Crippen LogP contribution in [0.15, 0.2) is 36.4 Å². The molecule has 4 nitrogen and oxygen atoms in total. The summed E-state index contributed by atoms with van der Waals surface area (Å²) in [5, 5.41) is 9.39. The number of hydrogen-bond donors (Lipinski definition) is 1. The number of carboxylic acids is 1. The van der Waals surface area contributed by atoms with Crippen molar-refractivity contribution in [1.82, 2.24) is 0 Å². The maximum Gasteiger partial charge on any atom is 0.304 e. The summed E-state index contributed by atoms with van der Waals surface area (Å²) in [6.45, 7) is 3.96. The van der Waals surface area contributed by atoms with Crippen LogP contribution in [0, 0.1) is 13.8 Å². The highest BCUT2D eigenvalue weighted by atomic mass is 16.5. The van der Waals surface area contributed by atoms with E-state index in [-0.39, 0.29) is 12.3 Å². The van der Waals surface area contributed by atoms with E-state index >= 15 is 0 Å². The van der Waals surface area contributed by atoms with Gasteiger partial charge in [0.05, 0.1) is 20.6 Å². The Balaban J connectivity index is 2.65. The summed E-state index contributed by atoms with van der Waals surface area (Å²) in [5.41, 5.74) is 3.84. The van der Waals surface area contributed by atoms with Crippen molar-refractivity contribution in [3.63, 3.8) is 0 Å². The monoisotopic (exact) mass is 314 g/mol. The number of hydrogen-bond acceptors (Lipinski definition) is 3. The Morgan fingerprint density at radius 3 is 1.74 bits per heavy atom. The third-order valence-corrected chi connectivity index (χ3v) is 3.90. The molecule has 0 atom stereocenters. The number of methoxy groups -OCH3 is 2. The topological polar surface area (TPSA) is 55.8 Å². The van der Waals surface area contributed by atoms with E-state index in [2.05, 4.69) is 0 Å². The van der Waals surface area contributed by atoms with Gasteiger partial charge in [-0.1, -0.05) is 35.4 Å². The molecule has 0 unspecified atom stereocenters. The number of carboxylic acid groups (broad SMARTS) is 1. The zero-order valence-corrected chi connectivity index (χ0v) is 13.9. The lowest BCUT2D eigenvalue weighted by atomic mass is 9.86. The van der Waals surface area contributed by atoms with E-state index in [0.29, 0.717) is 11.5 Å². The first kappa shape index (κ1) is 16.9. The molecule has 2 aromatic rings. The SMILES string of the molecule is COc1ccc(C)cc1C(CC(=O)O)c1cc(C)ccc1OC. The van der Waals surface area contributed by atoms with Crippen molar-refractivity contribution >= 4 is 5.97 Å². The molecule has 0 heterocycles. The number of rotatable bonds is 6. The molecule has 1 N–H and O–H groups in total. The molecule has 122 valence electrons. The van der Waals surface area contributed by atoms with Gasteiger partial charge in [0.1, 0.15) is 11.5 Å². The van der Waals surface area contributed by atoms with E-state index in [1.807, 2.05) is 50.2 Å². The second kappa shape index (κ2) is 7.18. The molecule has 23 heavy (non-hydrogen) atoms. The molecular formula is C19H22O4. The smallest absolute Gasteiger partial charge is 0.304 e.